The number of para-hydroxylation sites is 2. The second-order valence-corrected chi connectivity index (χ2v) is 5.73. The van der Waals surface area contributed by atoms with Gasteiger partial charge in [-0.25, -0.2) is 0 Å². The lowest BCUT2D eigenvalue weighted by Gasteiger charge is -2.18. The largest absolute Gasteiger partial charge is 0.495 e. The van der Waals surface area contributed by atoms with Gasteiger partial charge in [-0.1, -0.05) is 12.1 Å². The first-order chi connectivity index (χ1) is 9.40. The fourth-order valence-corrected chi connectivity index (χ4v) is 2.35. The molecule has 1 aromatic carbocycles. The molecular weight excluding hydrogens is 284 g/mol. The Bertz CT molecular complexity index is 559. The molecule has 0 bridgehead atoms. The van der Waals surface area contributed by atoms with E-state index in [1.54, 1.807) is 24.3 Å². The molecule has 0 atom stereocenters. The maximum atomic E-state index is 12.1. The fraction of sp³-hybridized carbons (Fsp3) is 0.417. The number of hydrogen-bond acceptors (Lipinski definition) is 5. The van der Waals surface area contributed by atoms with Crippen molar-refractivity contribution in [2.75, 3.05) is 32.5 Å². The van der Waals surface area contributed by atoms with E-state index in [9.17, 15) is 13.2 Å². The molecule has 0 saturated carbocycles. The van der Waals surface area contributed by atoms with Crippen LogP contribution in [0.3, 0.4) is 0 Å². The molecule has 0 aromatic heterocycles. The van der Waals surface area contributed by atoms with E-state index in [4.69, 9.17) is 4.74 Å². The highest BCUT2D eigenvalue weighted by atomic mass is 32.2. The molecule has 0 aliphatic heterocycles. The summed E-state index contributed by atoms with van der Waals surface area (Å²) in [6, 6.07) is 6.66. The Morgan fingerprint density at radius 3 is 2.55 bits per heavy atom. The SMILES string of the molecule is COC(=O)CCN(C)S(=O)(=O)Nc1ccccc1OC. The van der Waals surface area contributed by atoms with Crippen LogP contribution in [0, 0.1) is 0 Å². The molecule has 112 valence electrons. The van der Waals surface area contributed by atoms with Crippen molar-refractivity contribution in [1.29, 1.82) is 0 Å². The zero-order valence-corrected chi connectivity index (χ0v) is 12.4. The second kappa shape index (κ2) is 7.11. The van der Waals surface area contributed by atoms with Crippen LogP contribution >= 0.6 is 0 Å². The third-order valence-electron chi connectivity index (χ3n) is 2.61. The summed E-state index contributed by atoms with van der Waals surface area (Å²) in [5, 5.41) is 0. The predicted molar refractivity (Wildman–Crippen MR) is 74.8 cm³/mol. The van der Waals surface area contributed by atoms with Crippen molar-refractivity contribution in [1.82, 2.24) is 4.31 Å². The molecule has 8 heteroatoms. The summed E-state index contributed by atoms with van der Waals surface area (Å²) in [5.41, 5.74) is 0.333. The van der Waals surface area contributed by atoms with Gasteiger partial charge in [-0.05, 0) is 12.1 Å². The van der Waals surface area contributed by atoms with Crippen LogP contribution in [0.25, 0.3) is 0 Å². The molecule has 0 amide bonds. The summed E-state index contributed by atoms with van der Waals surface area (Å²) in [6.07, 6.45) is -0.0141. The number of rotatable bonds is 7. The third kappa shape index (κ3) is 4.39. The molecule has 0 spiro atoms. The Balaban J connectivity index is 2.76. The number of carbonyl (C=O) groups is 1. The highest BCUT2D eigenvalue weighted by Crippen LogP contribution is 2.24. The van der Waals surface area contributed by atoms with Crippen molar-refractivity contribution in [2.24, 2.45) is 0 Å². The van der Waals surface area contributed by atoms with Gasteiger partial charge in [-0.2, -0.15) is 12.7 Å². The number of methoxy groups -OCH3 is 2. The van der Waals surface area contributed by atoms with Gasteiger partial charge in [0.15, 0.2) is 0 Å². The Labute approximate surface area is 118 Å². The summed E-state index contributed by atoms with van der Waals surface area (Å²) in [4.78, 5) is 11.0. The average Bonchev–Trinajstić information content (AvgIpc) is 2.44. The first-order valence-corrected chi connectivity index (χ1v) is 7.28. The molecule has 0 aliphatic carbocycles. The van der Waals surface area contributed by atoms with Gasteiger partial charge in [0.05, 0.1) is 26.3 Å². The third-order valence-corrected chi connectivity index (χ3v) is 4.10. The number of ether oxygens (including phenoxy) is 2. The van der Waals surface area contributed by atoms with Crippen LogP contribution in [0.4, 0.5) is 5.69 Å². The van der Waals surface area contributed by atoms with Crippen molar-refractivity contribution in [3.05, 3.63) is 24.3 Å². The number of esters is 1. The Morgan fingerprint density at radius 2 is 1.95 bits per heavy atom. The first-order valence-electron chi connectivity index (χ1n) is 5.84. The summed E-state index contributed by atoms with van der Waals surface area (Å²) in [5.74, 6) is -0.0539. The maximum absolute atomic E-state index is 12.1. The van der Waals surface area contributed by atoms with Gasteiger partial charge in [0, 0.05) is 13.6 Å². The fourth-order valence-electron chi connectivity index (χ4n) is 1.42. The van der Waals surface area contributed by atoms with Crippen molar-refractivity contribution >= 4 is 21.9 Å². The van der Waals surface area contributed by atoms with Gasteiger partial charge < -0.3 is 9.47 Å². The summed E-state index contributed by atoms with van der Waals surface area (Å²) >= 11 is 0. The lowest BCUT2D eigenvalue weighted by molar-refractivity contribution is -0.140. The molecule has 0 unspecified atom stereocenters. The van der Waals surface area contributed by atoms with Crippen LogP contribution in [0.2, 0.25) is 0 Å². The molecule has 20 heavy (non-hydrogen) atoms. The lowest BCUT2D eigenvalue weighted by Crippen LogP contribution is -2.34. The highest BCUT2D eigenvalue weighted by molar-refractivity contribution is 7.90. The topological polar surface area (TPSA) is 84.9 Å². The summed E-state index contributed by atoms with van der Waals surface area (Å²) in [6.45, 7) is 0.0250. The minimum Gasteiger partial charge on any atom is -0.495 e. The second-order valence-electron chi connectivity index (χ2n) is 3.96. The van der Waals surface area contributed by atoms with Gasteiger partial charge in [0.25, 0.3) is 0 Å². The van der Waals surface area contributed by atoms with E-state index >= 15 is 0 Å². The van der Waals surface area contributed by atoms with Gasteiger partial charge in [0.1, 0.15) is 5.75 Å². The zero-order valence-electron chi connectivity index (χ0n) is 11.6. The molecule has 0 heterocycles. The molecule has 1 aromatic rings. The molecule has 1 N–H and O–H groups in total. The molecule has 0 radical (unpaired) electrons. The minimum absolute atomic E-state index is 0.0141. The monoisotopic (exact) mass is 302 g/mol. The van der Waals surface area contributed by atoms with Crippen LogP contribution < -0.4 is 9.46 Å². The van der Waals surface area contributed by atoms with Crippen molar-refractivity contribution < 1.29 is 22.7 Å². The van der Waals surface area contributed by atoms with Crippen molar-refractivity contribution in [3.63, 3.8) is 0 Å². The zero-order chi connectivity index (χ0) is 15.2. The van der Waals surface area contributed by atoms with E-state index in [0.717, 1.165) is 4.31 Å². The van der Waals surface area contributed by atoms with E-state index in [-0.39, 0.29) is 13.0 Å². The number of anilines is 1. The number of carbonyl (C=O) groups excluding carboxylic acids is 1. The van der Waals surface area contributed by atoms with E-state index < -0.39 is 16.2 Å². The number of hydrogen-bond donors (Lipinski definition) is 1. The van der Waals surface area contributed by atoms with Gasteiger partial charge in [0.2, 0.25) is 0 Å². The quantitative estimate of drug-likeness (QED) is 0.755. The normalized spacial score (nSPS) is 11.2. The smallest absolute Gasteiger partial charge is 0.306 e. The van der Waals surface area contributed by atoms with E-state index in [2.05, 4.69) is 9.46 Å². The lowest BCUT2D eigenvalue weighted by atomic mass is 10.3. The standard InChI is InChI=1S/C12H18N2O5S/c1-14(9-8-12(15)19-3)20(16,17)13-10-6-4-5-7-11(10)18-2/h4-7,13H,8-9H2,1-3H3. The van der Waals surface area contributed by atoms with Crippen LogP contribution in [0.15, 0.2) is 24.3 Å². The summed E-state index contributed by atoms with van der Waals surface area (Å²) < 4.78 is 37.1. The molecule has 7 nitrogen and oxygen atoms in total. The molecule has 0 fully saturated rings. The highest BCUT2D eigenvalue weighted by Gasteiger charge is 2.20. The van der Waals surface area contributed by atoms with Gasteiger partial charge in [-0.15, -0.1) is 0 Å². The molecule has 0 saturated heterocycles. The van der Waals surface area contributed by atoms with E-state index in [1.807, 2.05) is 0 Å². The average molecular weight is 302 g/mol. The van der Waals surface area contributed by atoms with E-state index in [1.165, 1.54) is 21.3 Å². The number of benzene rings is 1. The van der Waals surface area contributed by atoms with Crippen molar-refractivity contribution in [2.45, 2.75) is 6.42 Å². The van der Waals surface area contributed by atoms with Crippen LogP contribution in [0.5, 0.6) is 5.75 Å². The Morgan fingerprint density at radius 1 is 1.30 bits per heavy atom. The predicted octanol–water partition coefficient (Wildman–Crippen LogP) is 0.847. The molecular formula is C12H18N2O5S. The first kappa shape index (κ1) is 16.3. The number of nitrogens with one attached hydrogen (secondary N) is 1. The van der Waals surface area contributed by atoms with Crippen LogP contribution in [0.1, 0.15) is 6.42 Å². The summed E-state index contributed by atoms with van der Waals surface area (Å²) in [7, 11) is 0.328. The van der Waals surface area contributed by atoms with E-state index in [0.29, 0.717) is 11.4 Å². The van der Waals surface area contributed by atoms with Crippen molar-refractivity contribution in [3.8, 4) is 5.75 Å². The molecule has 0 aliphatic rings. The van der Waals surface area contributed by atoms with Crippen LogP contribution in [-0.4, -0.2) is 46.5 Å². The molecule has 1 rings (SSSR count). The van der Waals surface area contributed by atoms with Gasteiger partial charge in [-0.3, -0.25) is 9.52 Å². The maximum Gasteiger partial charge on any atom is 0.306 e. The number of nitrogens with zero attached hydrogens (tertiary/aromatic N) is 1. The minimum atomic E-state index is -3.75. The Hall–Kier alpha value is -1.80. The van der Waals surface area contributed by atoms with Crippen LogP contribution in [-0.2, 0) is 19.7 Å². The van der Waals surface area contributed by atoms with Gasteiger partial charge >= 0.3 is 16.2 Å². The Kier molecular flexibility index (Phi) is 5.78.